The zero-order valence-electron chi connectivity index (χ0n) is 22.5. The maximum Gasteiger partial charge on any atom is 0.474 e. The van der Waals surface area contributed by atoms with Gasteiger partial charge in [0.2, 0.25) is 0 Å². The van der Waals surface area contributed by atoms with Gasteiger partial charge in [0.1, 0.15) is 0 Å². The summed E-state index contributed by atoms with van der Waals surface area (Å²) < 4.78 is 39.6. The quantitative estimate of drug-likeness (QED) is 0.148. The standard InChI is InChI=1S/C21H47O7PSSi2/c1-19(2,3)31(10,11)27-16-21(7,17-28-32(12,13)20(4,5)6)18(22)30-15-14-26-29(23,24-8)25-9/h14-17H2,1-13H3. The minimum atomic E-state index is -3.55. The van der Waals surface area contributed by atoms with Gasteiger partial charge in [0.25, 0.3) is 0 Å². The molecular formula is C21H47O7PSSi2. The van der Waals surface area contributed by atoms with Gasteiger partial charge in [-0.15, -0.1) is 0 Å². The van der Waals surface area contributed by atoms with Gasteiger partial charge in [-0.25, -0.2) is 4.57 Å². The summed E-state index contributed by atoms with van der Waals surface area (Å²) in [6, 6.07) is 0. The average molecular weight is 531 g/mol. The summed E-state index contributed by atoms with van der Waals surface area (Å²) in [5.41, 5.74) is -0.804. The van der Waals surface area contributed by atoms with Gasteiger partial charge in [-0.3, -0.25) is 18.4 Å². The Labute approximate surface area is 202 Å². The summed E-state index contributed by atoms with van der Waals surface area (Å²) >= 11 is 1.14. The zero-order chi connectivity index (χ0) is 25.6. The second-order valence-corrected chi connectivity index (χ2v) is 24.0. The Hall–Kier alpha value is 0.484. The highest BCUT2D eigenvalue weighted by Gasteiger charge is 2.44. The molecule has 0 N–H and O–H groups in total. The lowest BCUT2D eigenvalue weighted by Gasteiger charge is -2.42. The fourth-order valence-corrected chi connectivity index (χ4v) is 5.75. The highest BCUT2D eigenvalue weighted by molar-refractivity contribution is 8.13. The molecule has 0 aliphatic rings. The van der Waals surface area contributed by atoms with Crippen LogP contribution in [0.15, 0.2) is 0 Å². The Kier molecular flexibility index (Phi) is 12.1. The minimum absolute atomic E-state index is 0.0248. The van der Waals surface area contributed by atoms with Gasteiger partial charge < -0.3 is 8.85 Å². The van der Waals surface area contributed by atoms with Crippen LogP contribution in [-0.2, 0) is 31.8 Å². The molecule has 0 aromatic heterocycles. The summed E-state index contributed by atoms with van der Waals surface area (Å²) in [5, 5.41) is 0.0579. The van der Waals surface area contributed by atoms with Crippen LogP contribution in [0.3, 0.4) is 0 Å². The van der Waals surface area contributed by atoms with Crippen LogP contribution in [0.25, 0.3) is 0 Å². The molecule has 0 aromatic carbocycles. The predicted octanol–water partition coefficient (Wildman–Crippen LogP) is 6.71. The third-order valence-electron chi connectivity index (χ3n) is 6.62. The molecule has 0 spiro atoms. The second kappa shape index (κ2) is 11.9. The van der Waals surface area contributed by atoms with Gasteiger partial charge in [0.05, 0.1) is 12.0 Å². The molecule has 0 aliphatic heterocycles. The van der Waals surface area contributed by atoms with Gasteiger partial charge in [-0.05, 0) is 43.2 Å². The van der Waals surface area contributed by atoms with Crippen molar-refractivity contribution < 1.29 is 31.8 Å². The smallest absolute Gasteiger partial charge is 0.416 e. The van der Waals surface area contributed by atoms with Crippen molar-refractivity contribution in [3.63, 3.8) is 0 Å². The van der Waals surface area contributed by atoms with Crippen molar-refractivity contribution in [1.82, 2.24) is 0 Å². The largest absolute Gasteiger partial charge is 0.474 e. The van der Waals surface area contributed by atoms with E-state index in [1.165, 1.54) is 14.2 Å². The van der Waals surface area contributed by atoms with Crippen molar-refractivity contribution in [2.24, 2.45) is 5.41 Å². The van der Waals surface area contributed by atoms with E-state index in [4.69, 9.17) is 22.4 Å². The summed E-state index contributed by atoms with van der Waals surface area (Å²) in [4.78, 5) is 13.3. The van der Waals surface area contributed by atoms with Gasteiger partial charge in [-0.1, -0.05) is 53.3 Å². The van der Waals surface area contributed by atoms with Gasteiger partial charge >= 0.3 is 7.82 Å². The molecule has 0 amide bonds. The van der Waals surface area contributed by atoms with Crippen molar-refractivity contribution in [1.29, 1.82) is 0 Å². The number of rotatable bonds is 13. The zero-order valence-corrected chi connectivity index (χ0v) is 26.3. The van der Waals surface area contributed by atoms with Crippen LogP contribution < -0.4 is 0 Å². The highest BCUT2D eigenvalue weighted by atomic mass is 32.2. The van der Waals surface area contributed by atoms with E-state index < -0.39 is 29.9 Å². The number of hydrogen-bond acceptors (Lipinski definition) is 8. The van der Waals surface area contributed by atoms with E-state index in [0.717, 1.165) is 11.8 Å². The topological polar surface area (TPSA) is 80.3 Å². The first-order valence-corrected chi connectivity index (χ1v) is 19.2. The predicted molar refractivity (Wildman–Crippen MR) is 139 cm³/mol. The molecule has 0 bridgehead atoms. The van der Waals surface area contributed by atoms with Crippen molar-refractivity contribution in [2.75, 3.05) is 39.8 Å². The molecule has 0 rings (SSSR count). The Morgan fingerprint density at radius 3 is 1.50 bits per heavy atom. The molecule has 0 radical (unpaired) electrons. The Balaban J connectivity index is 5.39. The van der Waals surface area contributed by atoms with Crippen LogP contribution >= 0.6 is 19.6 Å². The molecule has 0 aliphatic carbocycles. The van der Waals surface area contributed by atoms with E-state index >= 15 is 0 Å². The normalized spacial score (nSPS) is 14.7. The van der Waals surface area contributed by atoms with Gasteiger partial charge in [0, 0.05) is 33.2 Å². The number of hydrogen-bond donors (Lipinski definition) is 0. The SMILES string of the molecule is COP(=O)(OC)OCCSC(=O)C(C)(CO[Si](C)(C)C(C)(C)C)CO[Si](C)(C)C(C)(C)C. The molecular weight excluding hydrogens is 483 g/mol. The highest BCUT2D eigenvalue weighted by Crippen LogP contribution is 2.47. The third kappa shape index (κ3) is 9.62. The van der Waals surface area contributed by atoms with E-state index in [9.17, 15) is 9.36 Å². The summed E-state index contributed by atoms with van der Waals surface area (Å²) in [6.45, 7) is 24.4. The molecule has 0 unspecified atom stereocenters. The molecule has 0 saturated carbocycles. The number of thioether (sulfide) groups is 1. The Bertz CT molecular complexity index is 620. The second-order valence-electron chi connectivity index (χ2n) is 11.4. The molecule has 192 valence electrons. The first-order valence-electron chi connectivity index (χ1n) is 11.0. The first kappa shape index (κ1) is 32.5. The van der Waals surface area contributed by atoms with Crippen LogP contribution in [0.4, 0.5) is 0 Å². The minimum Gasteiger partial charge on any atom is -0.416 e. The first-order chi connectivity index (χ1) is 14.2. The number of phosphoric acid groups is 1. The molecule has 0 fully saturated rings. The number of carbonyl (C=O) groups is 1. The molecule has 7 nitrogen and oxygen atoms in total. The van der Waals surface area contributed by atoms with Gasteiger partial charge in [-0.2, -0.15) is 0 Å². The molecule has 0 heterocycles. The fourth-order valence-electron chi connectivity index (χ4n) is 1.91. The van der Waals surface area contributed by atoms with Gasteiger partial charge in [0.15, 0.2) is 21.8 Å². The van der Waals surface area contributed by atoms with Crippen LogP contribution in [0.5, 0.6) is 0 Å². The summed E-state index contributed by atoms with van der Waals surface area (Å²) in [5.74, 6) is 0.325. The average Bonchev–Trinajstić information content (AvgIpc) is 2.66. The third-order valence-corrected chi connectivity index (χ3v) is 18.1. The fraction of sp³-hybridized carbons (Fsp3) is 0.952. The van der Waals surface area contributed by atoms with E-state index in [-0.39, 0.29) is 21.8 Å². The monoisotopic (exact) mass is 530 g/mol. The van der Waals surface area contributed by atoms with Crippen molar-refractivity contribution in [3.8, 4) is 0 Å². The van der Waals surface area contributed by atoms with Crippen LogP contribution in [-0.4, -0.2) is 61.5 Å². The van der Waals surface area contributed by atoms with Crippen molar-refractivity contribution in [3.05, 3.63) is 0 Å². The van der Waals surface area contributed by atoms with Crippen molar-refractivity contribution in [2.45, 2.75) is 84.7 Å². The summed E-state index contributed by atoms with van der Waals surface area (Å²) in [7, 11) is -5.12. The van der Waals surface area contributed by atoms with E-state index in [2.05, 4.69) is 67.7 Å². The lowest BCUT2D eigenvalue weighted by atomic mass is 9.95. The maximum absolute atomic E-state index is 13.3. The Morgan fingerprint density at radius 2 is 1.19 bits per heavy atom. The summed E-state index contributed by atoms with van der Waals surface area (Å²) in [6.07, 6.45) is 0. The van der Waals surface area contributed by atoms with Crippen LogP contribution in [0.1, 0.15) is 48.5 Å². The number of carbonyl (C=O) groups excluding carboxylic acids is 1. The molecule has 11 heteroatoms. The maximum atomic E-state index is 13.3. The van der Waals surface area contributed by atoms with E-state index in [0.29, 0.717) is 19.0 Å². The van der Waals surface area contributed by atoms with Crippen LogP contribution in [0.2, 0.25) is 36.3 Å². The Morgan fingerprint density at radius 1 is 0.812 bits per heavy atom. The molecule has 0 atom stereocenters. The molecule has 32 heavy (non-hydrogen) atoms. The molecule has 0 saturated heterocycles. The molecule has 0 aromatic rings. The van der Waals surface area contributed by atoms with Crippen LogP contribution in [0, 0.1) is 5.41 Å². The number of phosphoric ester groups is 1. The van der Waals surface area contributed by atoms with Crippen molar-refractivity contribution >= 4 is 41.3 Å². The lowest BCUT2D eigenvalue weighted by Crippen LogP contribution is -2.49. The lowest BCUT2D eigenvalue weighted by molar-refractivity contribution is -0.122. The van der Waals surface area contributed by atoms with E-state index in [1.807, 2.05) is 6.92 Å². The van der Waals surface area contributed by atoms with E-state index in [1.54, 1.807) is 0 Å².